The Morgan fingerprint density at radius 1 is 1.19 bits per heavy atom. The van der Waals surface area contributed by atoms with Crippen LogP contribution in [0.1, 0.15) is 33.3 Å². The summed E-state index contributed by atoms with van der Waals surface area (Å²) in [5.41, 5.74) is 0.0382. The predicted molar refractivity (Wildman–Crippen MR) is 80.0 cm³/mol. The second-order valence-corrected chi connectivity index (χ2v) is 7.55. The summed E-state index contributed by atoms with van der Waals surface area (Å²) >= 11 is 0. The third-order valence-electron chi connectivity index (χ3n) is 2.49. The Balaban J connectivity index is 2.52. The van der Waals surface area contributed by atoms with E-state index in [0.29, 0.717) is 5.56 Å². The third kappa shape index (κ3) is 7.24. The van der Waals surface area contributed by atoms with Crippen molar-refractivity contribution >= 4 is 16.1 Å². The van der Waals surface area contributed by atoms with E-state index >= 15 is 0 Å². The van der Waals surface area contributed by atoms with Gasteiger partial charge in [0.15, 0.2) is 0 Å². The molecular formula is C15H22O5S. The molecule has 0 spiro atoms. The van der Waals surface area contributed by atoms with Crippen molar-refractivity contribution in [1.82, 2.24) is 0 Å². The fourth-order valence-corrected chi connectivity index (χ4v) is 2.59. The maximum atomic E-state index is 11.8. The van der Waals surface area contributed by atoms with Crippen molar-refractivity contribution in [1.29, 1.82) is 0 Å². The number of rotatable bonds is 6. The average molecular weight is 314 g/mol. The fraction of sp³-hybridized carbons (Fsp3) is 0.533. The first-order chi connectivity index (χ1) is 9.59. The van der Waals surface area contributed by atoms with Crippen molar-refractivity contribution in [3.8, 4) is 0 Å². The number of hydrogen-bond acceptors (Lipinski definition) is 5. The second kappa shape index (κ2) is 7.04. The SMILES string of the molecule is CC(COS(=O)(=O)Cc1ccccc1)C(=O)OC(C)(C)C. The van der Waals surface area contributed by atoms with E-state index in [4.69, 9.17) is 8.92 Å². The van der Waals surface area contributed by atoms with Crippen LogP contribution in [0.15, 0.2) is 30.3 Å². The molecule has 1 aromatic rings. The fourth-order valence-electron chi connectivity index (χ4n) is 1.50. The number of carbonyl (C=O) groups is 1. The van der Waals surface area contributed by atoms with Crippen LogP contribution in [0, 0.1) is 5.92 Å². The molecule has 1 atom stereocenters. The maximum absolute atomic E-state index is 11.8. The summed E-state index contributed by atoms with van der Waals surface area (Å²) in [6.45, 7) is 6.62. The monoisotopic (exact) mass is 314 g/mol. The molecular weight excluding hydrogens is 292 g/mol. The summed E-state index contributed by atoms with van der Waals surface area (Å²) in [4.78, 5) is 11.7. The molecule has 0 fully saturated rings. The molecule has 1 rings (SSSR count). The van der Waals surface area contributed by atoms with Gasteiger partial charge in [-0.3, -0.25) is 8.98 Å². The lowest BCUT2D eigenvalue weighted by atomic mass is 10.1. The minimum atomic E-state index is -3.71. The number of benzene rings is 1. The molecule has 0 saturated heterocycles. The smallest absolute Gasteiger partial charge is 0.311 e. The molecule has 21 heavy (non-hydrogen) atoms. The summed E-state index contributed by atoms with van der Waals surface area (Å²) in [7, 11) is -3.71. The zero-order valence-corrected chi connectivity index (χ0v) is 13.6. The number of carbonyl (C=O) groups excluding carboxylic acids is 1. The topological polar surface area (TPSA) is 69.7 Å². The van der Waals surface area contributed by atoms with Gasteiger partial charge in [0.05, 0.1) is 12.5 Å². The molecule has 0 heterocycles. The summed E-state index contributed by atoms with van der Waals surface area (Å²) in [6.07, 6.45) is 0. The van der Waals surface area contributed by atoms with E-state index in [1.807, 2.05) is 6.07 Å². The van der Waals surface area contributed by atoms with E-state index in [-0.39, 0.29) is 12.4 Å². The van der Waals surface area contributed by atoms with Crippen LogP contribution in [0.5, 0.6) is 0 Å². The van der Waals surface area contributed by atoms with E-state index in [9.17, 15) is 13.2 Å². The number of esters is 1. The van der Waals surface area contributed by atoms with Crippen LogP contribution in [0.25, 0.3) is 0 Å². The Morgan fingerprint density at radius 3 is 2.29 bits per heavy atom. The zero-order chi connectivity index (χ0) is 16.1. The average Bonchev–Trinajstić information content (AvgIpc) is 2.34. The van der Waals surface area contributed by atoms with Crippen LogP contribution in [-0.4, -0.2) is 26.6 Å². The normalized spacial score (nSPS) is 13.7. The molecule has 0 saturated carbocycles. The highest BCUT2D eigenvalue weighted by atomic mass is 32.2. The van der Waals surface area contributed by atoms with Gasteiger partial charge in [0, 0.05) is 0 Å². The Kier molecular flexibility index (Phi) is 5.92. The first-order valence-corrected chi connectivity index (χ1v) is 8.31. The van der Waals surface area contributed by atoms with Crippen molar-refractivity contribution in [3.63, 3.8) is 0 Å². The molecule has 1 unspecified atom stereocenters. The standard InChI is InChI=1S/C15H22O5S/c1-12(14(16)20-15(2,3)4)10-19-21(17,18)11-13-8-6-5-7-9-13/h5-9,12H,10-11H2,1-4H3. The molecule has 6 heteroatoms. The van der Waals surface area contributed by atoms with Crippen LogP contribution < -0.4 is 0 Å². The maximum Gasteiger partial charge on any atom is 0.311 e. The highest BCUT2D eigenvalue weighted by molar-refractivity contribution is 7.85. The summed E-state index contributed by atoms with van der Waals surface area (Å²) in [5, 5.41) is 0. The molecule has 0 aliphatic carbocycles. The summed E-state index contributed by atoms with van der Waals surface area (Å²) < 4.78 is 33.7. The van der Waals surface area contributed by atoms with E-state index in [0.717, 1.165) is 0 Å². The largest absolute Gasteiger partial charge is 0.460 e. The molecule has 0 N–H and O–H groups in total. The van der Waals surface area contributed by atoms with E-state index in [1.165, 1.54) is 0 Å². The highest BCUT2D eigenvalue weighted by Crippen LogP contribution is 2.13. The molecule has 0 radical (unpaired) electrons. The van der Waals surface area contributed by atoms with Crippen molar-refractivity contribution < 1.29 is 22.1 Å². The van der Waals surface area contributed by atoms with Crippen molar-refractivity contribution in [3.05, 3.63) is 35.9 Å². The van der Waals surface area contributed by atoms with Gasteiger partial charge in [0.1, 0.15) is 11.4 Å². The van der Waals surface area contributed by atoms with E-state index < -0.39 is 27.6 Å². The van der Waals surface area contributed by atoms with Gasteiger partial charge in [0.2, 0.25) is 0 Å². The van der Waals surface area contributed by atoms with Gasteiger partial charge >= 0.3 is 5.97 Å². The Morgan fingerprint density at radius 2 is 1.76 bits per heavy atom. The number of hydrogen-bond donors (Lipinski definition) is 0. The third-order valence-corrected chi connectivity index (χ3v) is 3.68. The molecule has 0 bridgehead atoms. The van der Waals surface area contributed by atoms with Gasteiger partial charge in [0.25, 0.3) is 10.1 Å². The lowest BCUT2D eigenvalue weighted by molar-refractivity contribution is -0.160. The minimum absolute atomic E-state index is 0.213. The van der Waals surface area contributed by atoms with Crippen LogP contribution in [0.3, 0.4) is 0 Å². The zero-order valence-electron chi connectivity index (χ0n) is 12.8. The summed E-state index contributed by atoms with van der Waals surface area (Å²) in [5.74, 6) is -1.33. The quantitative estimate of drug-likeness (QED) is 0.596. The molecule has 5 nitrogen and oxygen atoms in total. The molecule has 0 aliphatic rings. The van der Waals surface area contributed by atoms with Gasteiger partial charge in [-0.2, -0.15) is 8.42 Å². The van der Waals surface area contributed by atoms with Crippen LogP contribution in [-0.2, 0) is 29.6 Å². The molecule has 0 aliphatic heterocycles. The van der Waals surface area contributed by atoms with E-state index in [2.05, 4.69) is 0 Å². The predicted octanol–water partition coefficient (Wildman–Crippen LogP) is 2.51. The van der Waals surface area contributed by atoms with Crippen molar-refractivity contribution in [2.75, 3.05) is 6.61 Å². The van der Waals surface area contributed by atoms with Crippen LogP contribution in [0.2, 0.25) is 0 Å². The van der Waals surface area contributed by atoms with Gasteiger partial charge < -0.3 is 4.74 Å². The lowest BCUT2D eigenvalue weighted by Crippen LogP contribution is -2.30. The molecule has 1 aromatic carbocycles. The first-order valence-electron chi connectivity index (χ1n) is 6.73. The van der Waals surface area contributed by atoms with Crippen molar-refractivity contribution in [2.24, 2.45) is 5.92 Å². The Hall–Kier alpha value is -1.40. The van der Waals surface area contributed by atoms with Crippen LogP contribution >= 0.6 is 0 Å². The molecule has 118 valence electrons. The second-order valence-electron chi connectivity index (χ2n) is 5.91. The van der Waals surface area contributed by atoms with Gasteiger partial charge in [-0.15, -0.1) is 0 Å². The van der Waals surface area contributed by atoms with Crippen molar-refractivity contribution in [2.45, 2.75) is 39.0 Å². The van der Waals surface area contributed by atoms with Crippen LogP contribution in [0.4, 0.5) is 0 Å². The Labute approximate surface area is 126 Å². The van der Waals surface area contributed by atoms with Gasteiger partial charge in [-0.25, -0.2) is 0 Å². The van der Waals surface area contributed by atoms with E-state index in [1.54, 1.807) is 52.0 Å². The number of ether oxygens (including phenoxy) is 1. The van der Waals surface area contributed by atoms with Gasteiger partial charge in [-0.1, -0.05) is 30.3 Å². The molecule has 0 amide bonds. The Bertz CT molecular complexity index is 557. The summed E-state index contributed by atoms with van der Waals surface area (Å²) in [6, 6.07) is 8.74. The molecule has 0 aromatic heterocycles. The lowest BCUT2D eigenvalue weighted by Gasteiger charge is -2.22. The minimum Gasteiger partial charge on any atom is -0.460 e. The first kappa shape index (κ1) is 17.7. The van der Waals surface area contributed by atoms with Gasteiger partial charge in [-0.05, 0) is 33.3 Å². The highest BCUT2D eigenvalue weighted by Gasteiger charge is 2.24.